The first kappa shape index (κ1) is 6.95. The molecule has 0 heterocycles. The second-order valence-electron chi connectivity index (χ2n) is 1.21. The van der Waals surface area contributed by atoms with Crippen LogP contribution in [0, 0.1) is 0 Å². The topological polar surface area (TPSA) is 29.1 Å². The summed E-state index contributed by atoms with van der Waals surface area (Å²) in [7, 11) is 1.58. The number of rotatable bonds is 2. The predicted molar refractivity (Wildman–Crippen MR) is 33.4 cm³/mol. The van der Waals surface area contributed by atoms with Gasteiger partial charge in [0.15, 0.2) is 0 Å². The van der Waals surface area contributed by atoms with Crippen LogP contribution in [0.4, 0.5) is 0 Å². The van der Waals surface area contributed by atoms with E-state index in [2.05, 4.69) is 11.9 Å². The molecule has 0 rings (SSSR count). The average Bonchev–Trinajstić information content (AvgIpc) is 1.83. The Labute approximate surface area is 48.9 Å². The summed E-state index contributed by atoms with van der Waals surface area (Å²) in [4.78, 5) is 10.3. The highest BCUT2D eigenvalue weighted by Crippen LogP contribution is 1.70. The summed E-state index contributed by atoms with van der Waals surface area (Å²) in [5.41, 5.74) is 0. The molecule has 0 aliphatic rings. The van der Waals surface area contributed by atoms with E-state index in [1.807, 2.05) is 0 Å². The van der Waals surface area contributed by atoms with Crippen molar-refractivity contribution in [3.8, 4) is 0 Å². The molecule has 0 unspecified atom stereocenters. The molecule has 8 heavy (non-hydrogen) atoms. The zero-order valence-electron chi connectivity index (χ0n) is 4.85. The van der Waals surface area contributed by atoms with Crippen LogP contribution in [0.3, 0.4) is 0 Å². The minimum Gasteiger partial charge on any atom is -0.356 e. The van der Waals surface area contributed by atoms with Crippen LogP contribution in [-0.2, 0) is 4.79 Å². The lowest BCUT2D eigenvalue weighted by Crippen LogP contribution is -2.13. The van der Waals surface area contributed by atoms with Crippen LogP contribution in [-0.4, -0.2) is 13.0 Å². The normalized spacial score (nSPS) is 9.12. The Morgan fingerprint density at radius 1 is 1.75 bits per heavy atom. The van der Waals surface area contributed by atoms with Crippen LogP contribution < -0.4 is 5.32 Å². The molecule has 1 amide bonds. The molecule has 0 bridgehead atoms. The second kappa shape index (κ2) is 4.12. The highest BCUT2D eigenvalue weighted by Gasteiger charge is 1.82. The standard InChI is InChI=1S/C6H9NO/c1-3-4-5-6(8)7-2/h3-5H,1H2,2H3,(H,7,8). The summed E-state index contributed by atoms with van der Waals surface area (Å²) in [5, 5.41) is 2.43. The van der Waals surface area contributed by atoms with Gasteiger partial charge in [0.25, 0.3) is 0 Å². The van der Waals surface area contributed by atoms with E-state index in [9.17, 15) is 4.79 Å². The molecule has 0 aromatic carbocycles. The fraction of sp³-hybridized carbons (Fsp3) is 0.167. The van der Waals surface area contributed by atoms with E-state index >= 15 is 0 Å². The Hall–Kier alpha value is -1.05. The Kier molecular flexibility index (Phi) is 3.58. The van der Waals surface area contributed by atoms with Crippen molar-refractivity contribution in [1.82, 2.24) is 5.32 Å². The highest BCUT2D eigenvalue weighted by molar-refractivity contribution is 5.87. The van der Waals surface area contributed by atoms with Gasteiger partial charge in [0.1, 0.15) is 0 Å². The van der Waals surface area contributed by atoms with Crippen molar-refractivity contribution in [3.63, 3.8) is 0 Å². The molecule has 2 heteroatoms. The van der Waals surface area contributed by atoms with Crippen molar-refractivity contribution >= 4 is 5.91 Å². The minimum atomic E-state index is -0.107. The molecular formula is C6H9NO. The number of allylic oxidation sites excluding steroid dienone is 2. The smallest absolute Gasteiger partial charge is 0.243 e. The van der Waals surface area contributed by atoms with Crippen LogP contribution in [0.1, 0.15) is 0 Å². The van der Waals surface area contributed by atoms with Gasteiger partial charge in [-0.2, -0.15) is 0 Å². The van der Waals surface area contributed by atoms with E-state index in [-0.39, 0.29) is 5.91 Å². The lowest BCUT2D eigenvalue weighted by Gasteiger charge is -1.84. The van der Waals surface area contributed by atoms with Crippen molar-refractivity contribution in [1.29, 1.82) is 0 Å². The van der Waals surface area contributed by atoms with Crippen molar-refractivity contribution in [2.45, 2.75) is 0 Å². The third-order valence-corrected chi connectivity index (χ3v) is 0.630. The summed E-state index contributed by atoms with van der Waals surface area (Å²) in [6.07, 6.45) is 4.54. The van der Waals surface area contributed by atoms with Gasteiger partial charge in [-0.1, -0.05) is 18.7 Å². The third kappa shape index (κ3) is 3.15. The van der Waals surface area contributed by atoms with Gasteiger partial charge in [-0.3, -0.25) is 4.79 Å². The van der Waals surface area contributed by atoms with Gasteiger partial charge in [0.05, 0.1) is 0 Å². The Bertz CT molecular complexity index is 116. The SMILES string of the molecule is C=CC=CC(=O)NC. The van der Waals surface area contributed by atoms with Crippen LogP contribution in [0.2, 0.25) is 0 Å². The van der Waals surface area contributed by atoms with E-state index in [0.717, 1.165) is 0 Å². The largest absolute Gasteiger partial charge is 0.356 e. The molecule has 0 radical (unpaired) electrons. The van der Waals surface area contributed by atoms with Gasteiger partial charge < -0.3 is 5.32 Å². The molecule has 0 aliphatic heterocycles. The van der Waals surface area contributed by atoms with Crippen LogP contribution in [0.25, 0.3) is 0 Å². The van der Waals surface area contributed by atoms with Gasteiger partial charge in [0, 0.05) is 13.1 Å². The molecule has 0 atom stereocenters. The maximum atomic E-state index is 10.3. The summed E-state index contributed by atoms with van der Waals surface area (Å²) < 4.78 is 0. The molecular weight excluding hydrogens is 102 g/mol. The zero-order chi connectivity index (χ0) is 6.41. The van der Waals surface area contributed by atoms with Gasteiger partial charge in [-0.15, -0.1) is 0 Å². The number of hydrogen-bond acceptors (Lipinski definition) is 1. The van der Waals surface area contributed by atoms with Gasteiger partial charge in [-0.05, 0) is 0 Å². The molecule has 0 saturated heterocycles. The van der Waals surface area contributed by atoms with Gasteiger partial charge in [0.2, 0.25) is 5.91 Å². The fourth-order valence-electron chi connectivity index (χ4n) is 0.239. The molecule has 0 saturated carbocycles. The summed E-state index contributed by atoms with van der Waals surface area (Å²) in [5.74, 6) is -0.107. The number of carbonyl (C=O) groups is 1. The van der Waals surface area contributed by atoms with Crippen LogP contribution in [0.15, 0.2) is 24.8 Å². The van der Waals surface area contributed by atoms with Crippen LogP contribution >= 0.6 is 0 Å². The Morgan fingerprint density at radius 3 is 2.75 bits per heavy atom. The first-order chi connectivity index (χ1) is 3.81. The minimum absolute atomic E-state index is 0.107. The average molecular weight is 111 g/mol. The molecule has 1 N–H and O–H groups in total. The molecule has 0 aromatic rings. The fourth-order valence-corrected chi connectivity index (χ4v) is 0.239. The van der Waals surface area contributed by atoms with E-state index in [1.165, 1.54) is 6.08 Å². The van der Waals surface area contributed by atoms with E-state index in [0.29, 0.717) is 0 Å². The number of carbonyl (C=O) groups excluding carboxylic acids is 1. The van der Waals surface area contributed by atoms with Crippen molar-refractivity contribution in [2.24, 2.45) is 0 Å². The predicted octanol–water partition coefficient (Wildman–Crippen LogP) is 0.475. The number of nitrogens with one attached hydrogen (secondary N) is 1. The van der Waals surface area contributed by atoms with Crippen molar-refractivity contribution in [3.05, 3.63) is 24.8 Å². The Morgan fingerprint density at radius 2 is 2.38 bits per heavy atom. The molecule has 0 fully saturated rings. The highest BCUT2D eigenvalue weighted by atomic mass is 16.1. The zero-order valence-corrected chi connectivity index (χ0v) is 4.85. The molecule has 0 spiro atoms. The summed E-state index contributed by atoms with van der Waals surface area (Å²) in [6, 6.07) is 0. The summed E-state index contributed by atoms with van der Waals surface area (Å²) in [6.45, 7) is 3.40. The molecule has 2 nitrogen and oxygen atoms in total. The lowest BCUT2D eigenvalue weighted by molar-refractivity contribution is -0.116. The molecule has 44 valence electrons. The third-order valence-electron chi connectivity index (χ3n) is 0.630. The number of hydrogen-bond donors (Lipinski definition) is 1. The van der Waals surface area contributed by atoms with E-state index < -0.39 is 0 Å². The maximum absolute atomic E-state index is 10.3. The second-order valence-corrected chi connectivity index (χ2v) is 1.21. The monoisotopic (exact) mass is 111 g/mol. The lowest BCUT2D eigenvalue weighted by atomic mass is 10.5. The molecule has 0 aromatic heterocycles. The number of amides is 1. The van der Waals surface area contributed by atoms with Gasteiger partial charge in [-0.25, -0.2) is 0 Å². The Balaban J connectivity index is 3.52. The molecule has 0 aliphatic carbocycles. The van der Waals surface area contributed by atoms with E-state index in [4.69, 9.17) is 0 Å². The number of likely N-dealkylation sites (N-methyl/N-ethyl adjacent to an activating group) is 1. The quantitative estimate of drug-likeness (QED) is 0.407. The van der Waals surface area contributed by atoms with Crippen molar-refractivity contribution in [2.75, 3.05) is 7.05 Å². The van der Waals surface area contributed by atoms with Crippen molar-refractivity contribution < 1.29 is 4.79 Å². The summed E-state index contributed by atoms with van der Waals surface area (Å²) >= 11 is 0. The van der Waals surface area contributed by atoms with E-state index in [1.54, 1.807) is 19.2 Å². The maximum Gasteiger partial charge on any atom is 0.243 e. The first-order valence-corrected chi connectivity index (χ1v) is 2.32. The van der Waals surface area contributed by atoms with Crippen LogP contribution in [0.5, 0.6) is 0 Å². The van der Waals surface area contributed by atoms with Gasteiger partial charge >= 0.3 is 0 Å². The first-order valence-electron chi connectivity index (χ1n) is 2.32.